The van der Waals surface area contributed by atoms with Crippen LogP contribution >= 0.6 is 0 Å². The molecule has 0 nitrogen and oxygen atoms in total. The van der Waals surface area contributed by atoms with Crippen molar-refractivity contribution < 1.29 is 0 Å². The maximum Gasteiger partial charge on any atom is -0.0119 e. The molecule has 0 bridgehead atoms. The second kappa shape index (κ2) is 5.05. The maximum atomic E-state index is 2.26. The Morgan fingerprint density at radius 3 is 1.42 bits per heavy atom. The minimum atomic E-state index is 1.26. The van der Waals surface area contributed by atoms with Gasteiger partial charge >= 0.3 is 0 Å². The Bertz CT molecular complexity index is 544. The molecule has 0 saturated heterocycles. The molecule has 2 aromatic rings. The summed E-state index contributed by atoms with van der Waals surface area (Å²) in [5.74, 6) is 0. The molecule has 1 fully saturated rings. The highest BCUT2D eigenvalue weighted by atomic mass is 14.2. The van der Waals surface area contributed by atoms with Crippen molar-refractivity contribution in [3.05, 3.63) is 76.4 Å². The molecule has 0 atom stereocenters. The van der Waals surface area contributed by atoms with Gasteiger partial charge in [0.15, 0.2) is 0 Å². The van der Waals surface area contributed by atoms with Crippen LogP contribution in [0.1, 0.15) is 41.5 Å². The highest BCUT2D eigenvalue weighted by molar-refractivity contribution is 5.82. The SMILES string of the molecule is Cc1ccc(C(=C2CCC2)c2ccc(C)cc2)cc1. The van der Waals surface area contributed by atoms with E-state index in [-0.39, 0.29) is 0 Å². The fourth-order valence-corrected chi connectivity index (χ4v) is 2.62. The van der Waals surface area contributed by atoms with E-state index in [0.717, 1.165) is 0 Å². The van der Waals surface area contributed by atoms with E-state index in [2.05, 4.69) is 62.4 Å². The highest BCUT2D eigenvalue weighted by Gasteiger charge is 2.17. The molecule has 0 heteroatoms. The van der Waals surface area contributed by atoms with Gasteiger partial charge in [0.25, 0.3) is 0 Å². The Kier molecular flexibility index (Phi) is 3.25. The fourth-order valence-electron chi connectivity index (χ4n) is 2.62. The zero-order valence-corrected chi connectivity index (χ0v) is 11.7. The normalized spacial score (nSPS) is 14.1. The van der Waals surface area contributed by atoms with Crippen molar-refractivity contribution in [1.29, 1.82) is 0 Å². The van der Waals surface area contributed by atoms with Crippen LogP contribution in [0.15, 0.2) is 54.1 Å². The summed E-state index contributed by atoms with van der Waals surface area (Å²) in [4.78, 5) is 0. The number of benzene rings is 2. The molecule has 1 aliphatic rings. The summed E-state index contributed by atoms with van der Waals surface area (Å²) in [5, 5.41) is 0. The molecule has 0 N–H and O–H groups in total. The van der Waals surface area contributed by atoms with Crippen molar-refractivity contribution in [2.45, 2.75) is 33.1 Å². The van der Waals surface area contributed by atoms with Crippen LogP contribution in [0, 0.1) is 13.8 Å². The van der Waals surface area contributed by atoms with Crippen molar-refractivity contribution in [3.8, 4) is 0 Å². The topological polar surface area (TPSA) is 0 Å². The van der Waals surface area contributed by atoms with Gasteiger partial charge in [0.2, 0.25) is 0 Å². The molecule has 1 aliphatic carbocycles. The molecule has 1 saturated carbocycles. The molecule has 0 aliphatic heterocycles. The molecular formula is C19H20. The van der Waals surface area contributed by atoms with Gasteiger partial charge in [-0.2, -0.15) is 0 Å². The summed E-state index contributed by atoms with van der Waals surface area (Å²) in [6, 6.07) is 17.9. The minimum Gasteiger partial charge on any atom is -0.0617 e. The molecule has 0 aromatic heterocycles. The lowest BCUT2D eigenvalue weighted by Crippen LogP contribution is -2.03. The first-order chi connectivity index (χ1) is 9.24. The van der Waals surface area contributed by atoms with E-state index in [1.807, 2.05) is 0 Å². The Morgan fingerprint density at radius 1 is 0.684 bits per heavy atom. The first-order valence-corrected chi connectivity index (χ1v) is 7.10. The molecular weight excluding hydrogens is 228 g/mol. The Labute approximate surface area is 115 Å². The summed E-state index contributed by atoms with van der Waals surface area (Å²) < 4.78 is 0. The van der Waals surface area contributed by atoms with Crippen LogP contribution in [-0.2, 0) is 0 Å². The Morgan fingerprint density at radius 2 is 1.11 bits per heavy atom. The van der Waals surface area contributed by atoms with Crippen molar-refractivity contribution in [2.24, 2.45) is 0 Å². The van der Waals surface area contributed by atoms with Crippen LogP contribution in [0.2, 0.25) is 0 Å². The van der Waals surface area contributed by atoms with Crippen molar-refractivity contribution in [3.63, 3.8) is 0 Å². The van der Waals surface area contributed by atoms with Gasteiger partial charge in [0, 0.05) is 0 Å². The van der Waals surface area contributed by atoms with E-state index < -0.39 is 0 Å². The van der Waals surface area contributed by atoms with Gasteiger partial charge in [-0.15, -0.1) is 0 Å². The lowest BCUT2D eigenvalue weighted by atomic mass is 9.82. The van der Waals surface area contributed by atoms with Crippen molar-refractivity contribution >= 4 is 5.57 Å². The lowest BCUT2D eigenvalue weighted by Gasteiger charge is -2.23. The van der Waals surface area contributed by atoms with Crippen LogP contribution in [0.25, 0.3) is 5.57 Å². The van der Waals surface area contributed by atoms with E-state index >= 15 is 0 Å². The van der Waals surface area contributed by atoms with Gasteiger partial charge in [0.05, 0.1) is 0 Å². The summed E-state index contributed by atoms with van der Waals surface area (Å²) >= 11 is 0. The second-order valence-electron chi connectivity index (χ2n) is 5.56. The standard InChI is InChI=1S/C19H20/c1-14-6-10-17(11-7-14)19(16-4-3-5-16)18-12-8-15(2)9-13-18/h6-13H,3-5H2,1-2H3. The molecule has 19 heavy (non-hydrogen) atoms. The van der Waals surface area contributed by atoms with E-state index in [0.29, 0.717) is 0 Å². The lowest BCUT2D eigenvalue weighted by molar-refractivity contribution is 0.666. The fraction of sp³-hybridized carbons (Fsp3) is 0.263. The van der Waals surface area contributed by atoms with Gasteiger partial charge in [-0.1, -0.05) is 65.2 Å². The van der Waals surface area contributed by atoms with Crippen LogP contribution in [0.3, 0.4) is 0 Å². The predicted molar refractivity (Wildman–Crippen MR) is 82.2 cm³/mol. The Balaban J connectivity index is 2.09. The van der Waals surface area contributed by atoms with Crippen molar-refractivity contribution in [1.82, 2.24) is 0 Å². The van der Waals surface area contributed by atoms with E-state index in [9.17, 15) is 0 Å². The summed E-state index contributed by atoms with van der Waals surface area (Å²) in [6.07, 6.45) is 3.87. The molecule has 3 rings (SSSR count). The summed E-state index contributed by atoms with van der Waals surface area (Å²) in [5.41, 5.74) is 8.46. The van der Waals surface area contributed by atoms with Crippen LogP contribution in [0.4, 0.5) is 0 Å². The number of hydrogen-bond donors (Lipinski definition) is 0. The van der Waals surface area contributed by atoms with Crippen LogP contribution in [-0.4, -0.2) is 0 Å². The largest absolute Gasteiger partial charge is 0.0617 e. The first kappa shape index (κ1) is 12.2. The van der Waals surface area contributed by atoms with E-state index in [1.54, 1.807) is 5.57 Å². The monoisotopic (exact) mass is 248 g/mol. The summed E-state index contributed by atoms with van der Waals surface area (Å²) in [6.45, 7) is 4.29. The zero-order chi connectivity index (χ0) is 13.2. The number of allylic oxidation sites excluding steroid dienone is 1. The highest BCUT2D eigenvalue weighted by Crippen LogP contribution is 2.37. The third-order valence-electron chi connectivity index (χ3n) is 3.99. The summed E-state index contributed by atoms with van der Waals surface area (Å²) in [7, 11) is 0. The second-order valence-corrected chi connectivity index (χ2v) is 5.56. The Hall–Kier alpha value is -1.82. The molecule has 0 unspecified atom stereocenters. The average Bonchev–Trinajstić information content (AvgIpc) is 2.36. The molecule has 0 amide bonds. The smallest absolute Gasteiger partial charge is 0.0119 e. The predicted octanol–water partition coefficient (Wildman–Crippen LogP) is 5.29. The number of rotatable bonds is 2. The third kappa shape index (κ3) is 2.49. The van der Waals surface area contributed by atoms with Gasteiger partial charge in [0.1, 0.15) is 0 Å². The van der Waals surface area contributed by atoms with Crippen LogP contribution in [0.5, 0.6) is 0 Å². The third-order valence-corrected chi connectivity index (χ3v) is 3.99. The van der Waals surface area contributed by atoms with Crippen molar-refractivity contribution in [2.75, 3.05) is 0 Å². The molecule has 96 valence electrons. The van der Waals surface area contributed by atoms with Crippen LogP contribution < -0.4 is 0 Å². The van der Waals surface area contributed by atoms with Gasteiger partial charge in [-0.3, -0.25) is 0 Å². The quantitative estimate of drug-likeness (QED) is 0.677. The van der Waals surface area contributed by atoms with Gasteiger partial charge < -0.3 is 0 Å². The first-order valence-electron chi connectivity index (χ1n) is 7.10. The van der Waals surface area contributed by atoms with Gasteiger partial charge in [-0.05, 0) is 49.8 Å². The number of hydrogen-bond acceptors (Lipinski definition) is 0. The molecule has 0 radical (unpaired) electrons. The molecule has 0 heterocycles. The molecule has 0 spiro atoms. The van der Waals surface area contributed by atoms with E-state index in [1.165, 1.54) is 47.1 Å². The molecule has 2 aromatic carbocycles. The van der Waals surface area contributed by atoms with Gasteiger partial charge in [-0.25, -0.2) is 0 Å². The number of aryl methyl sites for hydroxylation is 2. The zero-order valence-electron chi connectivity index (χ0n) is 11.7. The average molecular weight is 248 g/mol. The van der Waals surface area contributed by atoms with E-state index in [4.69, 9.17) is 0 Å². The maximum absolute atomic E-state index is 2.26. The minimum absolute atomic E-state index is 1.26.